The number of pyridine rings is 1. The summed E-state index contributed by atoms with van der Waals surface area (Å²) in [6.07, 6.45) is 6.96. The van der Waals surface area contributed by atoms with Gasteiger partial charge < -0.3 is 9.64 Å². The lowest BCUT2D eigenvalue weighted by atomic mass is 9.92. The van der Waals surface area contributed by atoms with Crippen molar-refractivity contribution >= 4 is 17.5 Å². The van der Waals surface area contributed by atoms with Gasteiger partial charge >= 0.3 is 0 Å². The highest BCUT2D eigenvalue weighted by atomic mass is 35.5. The first-order chi connectivity index (χ1) is 13.1. The van der Waals surface area contributed by atoms with Gasteiger partial charge in [0.25, 0.3) is 0 Å². The molecule has 2 aromatic rings. The topological polar surface area (TPSA) is 42.4 Å². The Hall–Kier alpha value is -1.91. The number of carbonyl (C=O) groups excluding carboxylic acids is 1. The molecule has 27 heavy (non-hydrogen) atoms. The van der Waals surface area contributed by atoms with Crippen LogP contribution in [0.3, 0.4) is 0 Å². The molecule has 0 aliphatic carbocycles. The molecule has 5 heteroatoms. The molecule has 1 saturated heterocycles. The number of ether oxygens (including phenoxy) is 1. The number of nitrogens with zero attached hydrogens (tertiary/aromatic N) is 2. The van der Waals surface area contributed by atoms with Crippen molar-refractivity contribution in [1.29, 1.82) is 0 Å². The van der Waals surface area contributed by atoms with E-state index in [0.717, 1.165) is 37.1 Å². The highest BCUT2D eigenvalue weighted by molar-refractivity contribution is 6.30. The van der Waals surface area contributed by atoms with Crippen LogP contribution in [-0.4, -0.2) is 42.1 Å². The number of benzene rings is 1. The van der Waals surface area contributed by atoms with Gasteiger partial charge in [-0.3, -0.25) is 9.78 Å². The number of hydrogen-bond donors (Lipinski definition) is 0. The first kappa shape index (κ1) is 19.8. The van der Waals surface area contributed by atoms with Crippen molar-refractivity contribution in [3.05, 3.63) is 64.9 Å². The zero-order chi connectivity index (χ0) is 19.1. The summed E-state index contributed by atoms with van der Waals surface area (Å²) in [5.74, 6) is -0.159. The summed E-state index contributed by atoms with van der Waals surface area (Å²) in [6, 6.07) is 13.4. The van der Waals surface area contributed by atoms with Gasteiger partial charge in [-0.15, -0.1) is 0 Å². The number of rotatable bonds is 7. The lowest BCUT2D eigenvalue weighted by molar-refractivity contribution is -0.132. The molecule has 3 rings (SSSR count). The molecule has 0 N–H and O–H groups in total. The van der Waals surface area contributed by atoms with E-state index in [9.17, 15) is 4.79 Å². The predicted octanol–water partition coefficient (Wildman–Crippen LogP) is 4.48. The van der Waals surface area contributed by atoms with E-state index in [0.29, 0.717) is 18.0 Å². The number of likely N-dealkylation sites (N-methyl/N-ethyl adjacent to an activating group) is 1. The van der Waals surface area contributed by atoms with Gasteiger partial charge in [0.1, 0.15) is 0 Å². The maximum absolute atomic E-state index is 13.2. The third-order valence-electron chi connectivity index (χ3n) is 5.15. The molecular formula is C22H27ClN2O2. The second-order valence-electron chi connectivity index (χ2n) is 7.17. The summed E-state index contributed by atoms with van der Waals surface area (Å²) >= 11 is 6.03. The van der Waals surface area contributed by atoms with E-state index in [1.807, 2.05) is 54.4 Å². The monoisotopic (exact) mass is 386 g/mol. The Morgan fingerprint density at radius 1 is 1.26 bits per heavy atom. The predicted molar refractivity (Wildman–Crippen MR) is 108 cm³/mol. The van der Waals surface area contributed by atoms with Crippen LogP contribution in [0.2, 0.25) is 5.02 Å². The lowest BCUT2D eigenvalue weighted by Gasteiger charge is -2.27. The second-order valence-corrected chi connectivity index (χ2v) is 7.60. The average molecular weight is 387 g/mol. The van der Waals surface area contributed by atoms with Crippen LogP contribution in [0.15, 0.2) is 48.7 Å². The van der Waals surface area contributed by atoms with E-state index in [1.54, 1.807) is 6.20 Å². The zero-order valence-corrected chi connectivity index (χ0v) is 16.6. The largest absolute Gasteiger partial charge is 0.378 e. The van der Waals surface area contributed by atoms with Crippen LogP contribution in [0.5, 0.6) is 0 Å². The molecule has 144 valence electrons. The van der Waals surface area contributed by atoms with Crippen LogP contribution in [0.1, 0.15) is 42.9 Å². The van der Waals surface area contributed by atoms with Crippen LogP contribution in [0, 0.1) is 0 Å². The summed E-state index contributed by atoms with van der Waals surface area (Å²) in [6.45, 7) is 1.55. The fraction of sp³-hybridized carbons (Fsp3) is 0.455. The van der Waals surface area contributed by atoms with Gasteiger partial charge in [-0.05, 0) is 55.5 Å². The van der Waals surface area contributed by atoms with Crippen molar-refractivity contribution in [2.24, 2.45) is 0 Å². The Bertz CT molecular complexity index is 715. The van der Waals surface area contributed by atoms with Crippen molar-refractivity contribution in [2.45, 2.75) is 44.1 Å². The third-order valence-corrected chi connectivity index (χ3v) is 5.40. The molecule has 0 spiro atoms. The van der Waals surface area contributed by atoms with E-state index >= 15 is 0 Å². The summed E-state index contributed by atoms with van der Waals surface area (Å²) in [5, 5.41) is 0.672. The van der Waals surface area contributed by atoms with E-state index in [4.69, 9.17) is 16.3 Å². The molecule has 0 saturated carbocycles. The normalized spacial score (nSPS) is 18.1. The first-order valence-electron chi connectivity index (χ1n) is 9.65. The SMILES string of the molecule is CN(CCC1CCCCO1)C(=O)C(Cc1ccccn1)c1ccc(Cl)cc1. The Balaban J connectivity index is 1.70. The molecule has 2 atom stereocenters. The molecule has 1 aliphatic heterocycles. The summed E-state index contributed by atoms with van der Waals surface area (Å²) in [5.41, 5.74) is 1.88. The quantitative estimate of drug-likeness (QED) is 0.704. The highest BCUT2D eigenvalue weighted by Gasteiger charge is 2.25. The average Bonchev–Trinajstić information content (AvgIpc) is 2.72. The number of halogens is 1. The Morgan fingerprint density at radius 3 is 2.74 bits per heavy atom. The molecule has 4 nitrogen and oxygen atoms in total. The number of amides is 1. The van der Waals surface area contributed by atoms with Gasteiger partial charge in [0.15, 0.2) is 0 Å². The smallest absolute Gasteiger partial charge is 0.230 e. The standard InChI is InChI=1S/C22H27ClN2O2/c1-25(14-12-20-7-3-5-15-27-20)22(26)21(16-19-6-2-4-13-24-19)17-8-10-18(23)11-9-17/h2,4,6,8-11,13,20-21H,3,5,7,12,14-16H2,1H3. The molecule has 0 bridgehead atoms. The second kappa shape index (κ2) is 9.86. The van der Waals surface area contributed by atoms with Crippen molar-refractivity contribution in [3.63, 3.8) is 0 Å². The molecule has 1 amide bonds. The van der Waals surface area contributed by atoms with E-state index in [-0.39, 0.29) is 17.9 Å². The van der Waals surface area contributed by atoms with Crippen molar-refractivity contribution < 1.29 is 9.53 Å². The van der Waals surface area contributed by atoms with Crippen LogP contribution < -0.4 is 0 Å². The minimum absolute atomic E-state index is 0.110. The number of carbonyl (C=O) groups is 1. The van der Waals surface area contributed by atoms with Crippen LogP contribution in [0.4, 0.5) is 0 Å². The molecule has 0 radical (unpaired) electrons. The molecular weight excluding hydrogens is 360 g/mol. The van der Waals surface area contributed by atoms with Gasteiger partial charge in [0, 0.05) is 43.5 Å². The Kier molecular flexibility index (Phi) is 7.25. The Labute approximate surface area is 166 Å². The maximum atomic E-state index is 13.2. The van der Waals surface area contributed by atoms with E-state index < -0.39 is 0 Å². The minimum Gasteiger partial charge on any atom is -0.378 e. The van der Waals surface area contributed by atoms with Crippen molar-refractivity contribution in [1.82, 2.24) is 9.88 Å². The third kappa shape index (κ3) is 5.78. The first-order valence-corrected chi connectivity index (χ1v) is 10.0. The maximum Gasteiger partial charge on any atom is 0.230 e. The Morgan fingerprint density at radius 2 is 2.07 bits per heavy atom. The van der Waals surface area contributed by atoms with Gasteiger partial charge in [-0.2, -0.15) is 0 Å². The van der Waals surface area contributed by atoms with Crippen LogP contribution in [-0.2, 0) is 16.0 Å². The van der Waals surface area contributed by atoms with Gasteiger partial charge in [0.2, 0.25) is 5.91 Å². The number of aromatic nitrogens is 1. The molecule has 2 unspecified atom stereocenters. The molecule has 1 aliphatic rings. The van der Waals surface area contributed by atoms with E-state index in [2.05, 4.69) is 4.98 Å². The van der Waals surface area contributed by atoms with Crippen LogP contribution >= 0.6 is 11.6 Å². The lowest BCUT2D eigenvalue weighted by Crippen LogP contribution is -2.35. The summed E-state index contributed by atoms with van der Waals surface area (Å²) in [7, 11) is 1.88. The summed E-state index contributed by atoms with van der Waals surface area (Å²) in [4.78, 5) is 19.5. The highest BCUT2D eigenvalue weighted by Crippen LogP contribution is 2.25. The van der Waals surface area contributed by atoms with Crippen molar-refractivity contribution in [2.75, 3.05) is 20.2 Å². The summed E-state index contributed by atoms with van der Waals surface area (Å²) < 4.78 is 5.80. The fourth-order valence-corrected chi connectivity index (χ4v) is 3.65. The molecule has 1 aromatic carbocycles. The zero-order valence-electron chi connectivity index (χ0n) is 15.8. The molecule has 1 fully saturated rings. The molecule has 2 heterocycles. The van der Waals surface area contributed by atoms with E-state index in [1.165, 1.54) is 6.42 Å². The van der Waals surface area contributed by atoms with Gasteiger partial charge in [-0.25, -0.2) is 0 Å². The fourth-order valence-electron chi connectivity index (χ4n) is 3.52. The minimum atomic E-state index is -0.269. The number of hydrogen-bond acceptors (Lipinski definition) is 3. The van der Waals surface area contributed by atoms with Crippen molar-refractivity contribution in [3.8, 4) is 0 Å². The van der Waals surface area contributed by atoms with Crippen LogP contribution in [0.25, 0.3) is 0 Å². The van der Waals surface area contributed by atoms with Gasteiger partial charge in [-0.1, -0.05) is 29.8 Å². The van der Waals surface area contributed by atoms with Gasteiger partial charge in [0.05, 0.1) is 12.0 Å². The molecule has 1 aromatic heterocycles.